The predicted molar refractivity (Wildman–Crippen MR) is 73.3 cm³/mol. The largest absolute Gasteiger partial charge is 0.388 e. The van der Waals surface area contributed by atoms with Gasteiger partial charge >= 0.3 is 0 Å². The third-order valence-electron chi connectivity index (χ3n) is 3.24. The number of nitrogens with two attached hydrogens (primary N) is 1. The van der Waals surface area contributed by atoms with Crippen LogP contribution < -0.4 is 10.6 Å². The average Bonchev–Trinajstić information content (AvgIpc) is 2.57. The van der Waals surface area contributed by atoms with E-state index in [1.165, 1.54) is 6.42 Å². The lowest BCUT2D eigenvalue weighted by atomic mass is 10.0. The first-order valence-electron chi connectivity index (χ1n) is 5.83. The molecule has 0 atom stereocenters. The zero-order chi connectivity index (χ0) is 12.6. The maximum atomic E-state index is 5.64. The van der Waals surface area contributed by atoms with E-state index in [0.29, 0.717) is 10.7 Å². The molecule has 1 fully saturated rings. The summed E-state index contributed by atoms with van der Waals surface area (Å²) in [6.07, 6.45) is 2.33. The van der Waals surface area contributed by atoms with E-state index >= 15 is 0 Å². The van der Waals surface area contributed by atoms with Crippen LogP contribution in [0.15, 0.2) is 6.07 Å². The zero-order valence-electron chi connectivity index (χ0n) is 10.5. The topological polar surface area (TPSA) is 55.0 Å². The molecule has 2 rings (SSSR count). The molecule has 1 aromatic heterocycles. The molecule has 1 aromatic rings. The second-order valence-corrected chi connectivity index (χ2v) is 5.57. The van der Waals surface area contributed by atoms with E-state index in [4.69, 9.17) is 18.0 Å². The molecule has 2 heterocycles. The molecule has 1 aliphatic rings. The highest BCUT2D eigenvalue weighted by Crippen LogP contribution is 2.31. The second kappa shape index (κ2) is 4.22. The van der Waals surface area contributed by atoms with Gasteiger partial charge in [0.2, 0.25) is 5.95 Å². The van der Waals surface area contributed by atoms with E-state index < -0.39 is 0 Å². The average molecular weight is 250 g/mol. The van der Waals surface area contributed by atoms with Gasteiger partial charge in [-0.2, -0.15) is 0 Å². The second-order valence-electron chi connectivity index (χ2n) is 5.13. The smallest absolute Gasteiger partial charge is 0.226 e. The Bertz CT molecular complexity index is 456. The molecule has 1 saturated heterocycles. The predicted octanol–water partition coefficient (Wildman–Crippen LogP) is 1.80. The summed E-state index contributed by atoms with van der Waals surface area (Å²) in [5.74, 6) is 0.746. The molecule has 0 aromatic carbocycles. The summed E-state index contributed by atoms with van der Waals surface area (Å²) in [6, 6.07) is 1.83. The Balaban J connectivity index is 2.42. The highest BCUT2D eigenvalue weighted by atomic mass is 32.1. The van der Waals surface area contributed by atoms with Gasteiger partial charge in [0.05, 0.1) is 0 Å². The van der Waals surface area contributed by atoms with Crippen molar-refractivity contribution in [3.05, 3.63) is 17.5 Å². The van der Waals surface area contributed by atoms with E-state index in [9.17, 15) is 0 Å². The Labute approximate surface area is 107 Å². The van der Waals surface area contributed by atoms with E-state index in [-0.39, 0.29) is 5.54 Å². The Hall–Kier alpha value is -1.23. The van der Waals surface area contributed by atoms with Crippen LogP contribution in [0.2, 0.25) is 0 Å². The fourth-order valence-corrected chi connectivity index (χ4v) is 2.38. The van der Waals surface area contributed by atoms with Gasteiger partial charge in [-0.05, 0) is 39.7 Å². The standard InChI is InChI=1S/C12H18N4S/c1-8-7-9(10(13)17)15-11(14-8)16-6-4-5-12(16,2)3/h7H,4-6H2,1-3H3,(H2,13,17). The summed E-state index contributed by atoms with van der Waals surface area (Å²) in [7, 11) is 0. The number of nitrogens with zero attached hydrogens (tertiary/aromatic N) is 3. The molecule has 0 amide bonds. The molecule has 0 bridgehead atoms. The van der Waals surface area contributed by atoms with Crippen molar-refractivity contribution in [3.8, 4) is 0 Å². The van der Waals surface area contributed by atoms with Gasteiger partial charge in [-0.1, -0.05) is 12.2 Å². The van der Waals surface area contributed by atoms with Crippen molar-refractivity contribution in [1.82, 2.24) is 9.97 Å². The van der Waals surface area contributed by atoms with E-state index in [1.807, 2.05) is 13.0 Å². The number of hydrogen-bond donors (Lipinski definition) is 1. The number of rotatable bonds is 2. The minimum Gasteiger partial charge on any atom is -0.388 e. The molecular formula is C12H18N4S. The first-order valence-corrected chi connectivity index (χ1v) is 6.24. The minimum atomic E-state index is 0.112. The summed E-state index contributed by atoms with van der Waals surface area (Å²) < 4.78 is 0. The zero-order valence-corrected chi connectivity index (χ0v) is 11.3. The van der Waals surface area contributed by atoms with Crippen molar-refractivity contribution in [1.29, 1.82) is 0 Å². The summed E-state index contributed by atoms with van der Waals surface area (Å²) in [4.78, 5) is 11.5. The number of hydrogen-bond acceptors (Lipinski definition) is 4. The molecule has 1 aliphatic heterocycles. The van der Waals surface area contributed by atoms with Gasteiger partial charge in [-0.3, -0.25) is 0 Å². The summed E-state index contributed by atoms with van der Waals surface area (Å²) in [5, 5.41) is 0. The van der Waals surface area contributed by atoms with Crippen LogP contribution in [0.1, 0.15) is 38.1 Å². The molecule has 0 unspecified atom stereocenters. The van der Waals surface area contributed by atoms with Crippen LogP contribution in [-0.2, 0) is 0 Å². The third kappa shape index (κ3) is 2.39. The van der Waals surface area contributed by atoms with Crippen LogP contribution in [0.5, 0.6) is 0 Å². The van der Waals surface area contributed by atoms with Crippen molar-refractivity contribution in [2.45, 2.75) is 39.2 Å². The lowest BCUT2D eigenvalue weighted by Crippen LogP contribution is -2.39. The van der Waals surface area contributed by atoms with Gasteiger partial charge in [-0.25, -0.2) is 9.97 Å². The van der Waals surface area contributed by atoms with Gasteiger partial charge in [0.25, 0.3) is 0 Å². The fraction of sp³-hybridized carbons (Fsp3) is 0.583. The van der Waals surface area contributed by atoms with Gasteiger partial charge < -0.3 is 10.6 Å². The van der Waals surface area contributed by atoms with Gasteiger partial charge in [0.1, 0.15) is 10.7 Å². The molecule has 17 heavy (non-hydrogen) atoms. The normalized spacial score (nSPS) is 18.4. The maximum Gasteiger partial charge on any atom is 0.226 e. The van der Waals surface area contributed by atoms with Crippen LogP contribution >= 0.6 is 12.2 Å². The Kier molecular flexibility index (Phi) is 3.03. The molecule has 4 nitrogen and oxygen atoms in total. The molecular weight excluding hydrogens is 232 g/mol. The highest BCUT2D eigenvalue weighted by molar-refractivity contribution is 7.80. The molecule has 0 saturated carbocycles. The van der Waals surface area contributed by atoms with Gasteiger partial charge in [-0.15, -0.1) is 0 Å². The van der Waals surface area contributed by atoms with Crippen LogP contribution in [0.3, 0.4) is 0 Å². The quantitative estimate of drug-likeness (QED) is 0.811. The third-order valence-corrected chi connectivity index (χ3v) is 3.45. The van der Waals surface area contributed by atoms with E-state index in [0.717, 1.165) is 24.6 Å². The molecule has 5 heteroatoms. The van der Waals surface area contributed by atoms with Crippen molar-refractivity contribution < 1.29 is 0 Å². The van der Waals surface area contributed by atoms with E-state index in [2.05, 4.69) is 28.7 Å². The molecule has 2 N–H and O–H groups in total. The Morgan fingerprint density at radius 3 is 2.71 bits per heavy atom. The molecule has 92 valence electrons. The van der Waals surface area contributed by atoms with Gasteiger partial charge in [0, 0.05) is 17.8 Å². The summed E-state index contributed by atoms with van der Waals surface area (Å²) in [5.41, 5.74) is 7.31. The van der Waals surface area contributed by atoms with Crippen molar-refractivity contribution in [2.24, 2.45) is 5.73 Å². The maximum absolute atomic E-state index is 5.64. The minimum absolute atomic E-state index is 0.112. The fourth-order valence-electron chi connectivity index (χ4n) is 2.28. The van der Waals surface area contributed by atoms with Crippen molar-refractivity contribution in [3.63, 3.8) is 0 Å². The molecule has 0 radical (unpaired) electrons. The molecule has 0 spiro atoms. The first-order chi connectivity index (χ1) is 7.90. The van der Waals surface area contributed by atoms with Crippen molar-refractivity contribution in [2.75, 3.05) is 11.4 Å². The number of aromatic nitrogens is 2. The lowest BCUT2D eigenvalue weighted by Gasteiger charge is -2.31. The highest BCUT2D eigenvalue weighted by Gasteiger charge is 2.33. The number of aryl methyl sites for hydroxylation is 1. The summed E-state index contributed by atoms with van der Waals surface area (Å²) in [6.45, 7) is 7.36. The van der Waals surface area contributed by atoms with Crippen molar-refractivity contribution >= 4 is 23.2 Å². The van der Waals surface area contributed by atoms with E-state index in [1.54, 1.807) is 0 Å². The Morgan fingerprint density at radius 2 is 2.18 bits per heavy atom. The lowest BCUT2D eigenvalue weighted by molar-refractivity contribution is 0.509. The Morgan fingerprint density at radius 1 is 1.47 bits per heavy atom. The number of thiocarbonyl (C=S) groups is 1. The van der Waals surface area contributed by atoms with Gasteiger partial charge in [0.15, 0.2) is 0 Å². The summed E-state index contributed by atoms with van der Waals surface area (Å²) >= 11 is 4.98. The van der Waals surface area contributed by atoms with Crippen LogP contribution in [0.4, 0.5) is 5.95 Å². The van der Waals surface area contributed by atoms with Crippen LogP contribution in [0, 0.1) is 6.92 Å². The van der Waals surface area contributed by atoms with Crippen LogP contribution in [0.25, 0.3) is 0 Å². The SMILES string of the molecule is Cc1cc(C(N)=S)nc(N2CCCC2(C)C)n1. The first kappa shape index (κ1) is 12.2. The number of anilines is 1. The monoisotopic (exact) mass is 250 g/mol. The molecule has 0 aliphatic carbocycles. The van der Waals surface area contributed by atoms with Crippen LogP contribution in [-0.4, -0.2) is 27.0 Å².